The Morgan fingerprint density at radius 3 is 2.54 bits per heavy atom. The number of hydrogen-bond acceptors (Lipinski definition) is 5. The summed E-state index contributed by atoms with van der Waals surface area (Å²) in [7, 11) is 1.74. The van der Waals surface area contributed by atoms with Gasteiger partial charge in [0.15, 0.2) is 11.3 Å². The Hall–Kier alpha value is -2.72. The van der Waals surface area contributed by atoms with Crippen molar-refractivity contribution in [2.24, 2.45) is 7.05 Å². The molecule has 0 aliphatic carbocycles. The van der Waals surface area contributed by atoms with Crippen molar-refractivity contribution in [2.45, 2.75) is 12.7 Å². The predicted molar refractivity (Wildman–Crippen MR) is 99.0 cm³/mol. The van der Waals surface area contributed by atoms with Crippen molar-refractivity contribution in [1.82, 2.24) is 24.1 Å². The van der Waals surface area contributed by atoms with Crippen LogP contribution in [0.5, 0.6) is 0 Å². The van der Waals surface area contributed by atoms with Crippen molar-refractivity contribution in [1.29, 1.82) is 5.41 Å². The van der Waals surface area contributed by atoms with Crippen LogP contribution in [0.2, 0.25) is 5.28 Å². The number of nitrogens with zero attached hydrogens (tertiary/aromatic N) is 5. The predicted octanol–water partition coefficient (Wildman–Crippen LogP) is 4.09. The number of aryl methyl sites for hydroxylation is 1. The van der Waals surface area contributed by atoms with Gasteiger partial charge in [-0.2, -0.15) is 18.2 Å². The van der Waals surface area contributed by atoms with Crippen LogP contribution in [0.25, 0.3) is 21.7 Å². The molecule has 1 aromatic carbocycles. The molecule has 0 saturated carbocycles. The van der Waals surface area contributed by atoms with Crippen molar-refractivity contribution in [2.75, 3.05) is 0 Å². The zero-order valence-corrected chi connectivity index (χ0v) is 15.9. The Balaban J connectivity index is 1.65. The molecular weight excluding hydrogens is 413 g/mol. The number of hydrogen-bond donors (Lipinski definition) is 1. The lowest BCUT2D eigenvalue weighted by molar-refractivity contribution is -0.140. The van der Waals surface area contributed by atoms with Gasteiger partial charge in [-0.3, -0.25) is 9.98 Å². The zero-order valence-electron chi connectivity index (χ0n) is 14.3. The lowest BCUT2D eigenvalue weighted by Gasteiger charge is -2.05. The molecule has 0 unspecified atom stereocenters. The molecule has 28 heavy (non-hydrogen) atoms. The number of imidazole rings is 1. The van der Waals surface area contributed by atoms with E-state index in [1.165, 1.54) is 0 Å². The summed E-state index contributed by atoms with van der Waals surface area (Å²) in [6.07, 6.45) is -2.89. The van der Waals surface area contributed by atoms with Crippen LogP contribution in [-0.4, -0.2) is 24.1 Å². The van der Waals surface area contributed by atoms with Crippen molar-refractivity contribution in [3.63, 3.8) is 0 Å². The van der Waals surface area contributed by atoms with E-state index in [4.69, 9.17) is 17.0 Å². The minimum atomic E-state index is -4.45. The molecule has 11 heteroatoms. The van der Waals surface area contributed by atoms with Crippen molar-refractivity contribution in [3.8, 4) is 10.6 Å². The van der Waals surface area contributed by atoms with Crippen LogP contribution < -0.4 is 5.62 Å². The van der Waals surface area contributed by atoms with Gasteiger partial charge in [-0.15, -0.1) is 11.3 Å². The normalized spacial score (nSPS) is 12.0. The summed E-state index contributed by atoms with van der Waals surface area (Å²) in [5, 5.41) is 9.68. The van der Waals surface area contributed by atoms with E-state index < -0.39 is 11.9 Å². The van der Waals surface area contributed by atoms with E-state index in [0.717, 1.165) is 22.3 Å². The second-order valence-electron chi connectivity index (χ2n) is 6.05. The first-order chi connectivity index (χ1) is 13.2. The van der Waals surface area contributed by atoms with Crippen molar-refractivity contribution >= 4 is 34.1 Å². The van der Waals surface area contributed by atoms with Crippen LogP contribution in [0, 0.1) is 5.41 Å². The van der Waals surface area contributed by atoms with Gasteiger partial charge in [0, 0.05) is 18.0 Å². The molecule has 0 bridgehead atoms. The molecule has 1 N–H and O–H groups in total. The molecule has 0 fully saturated rings. The minimum absolute atomic E-state index is 0.0893. The largest absolute Gasteiger partial charge is 0.434 e. The van der Waals surface area contributed by atoms with Gasteiger partial charge in [0.05, 0.1) is 12.7 Å². The number of benzene rings is 1. The quantitative estimate of drug-likeness (QED) is 0.503. The molecule has 0 amide bonds. The van der Waals surface area contributed by atoms with Gasteiger partial charge in [0.25, 0.3) is 0 Å². The third-order valence-electron chi connectivity index (χ3n) is 4.25. The molecule has 0 aliphatic rings. The summed E-state index contributed by atoms with van der Waals surface area (Å²) in [5.74, 6) is 0. The molecule has 3 heterocycles. The van der Waals surface area contributed by atoms with Crippen LogP contribution in [0.3, 0.4) is 0 Å². The molecule has 4 rings (SSSR count). The lowest BCUT2D eigenvalue weighted by atomic mass is 10.1. The summed E-state index contributed by atoms with van der Waals surface area (Å²) < 4.78 is 41.5. The highest BCUT2D eigenvalue weighted by Crippen LogP contribution is 2.33. The highest BCUT2D eigenvalue weighted by Gasteiger charge is 2.33. The third kappa shape index (κ3) is 3.29. The fraction of sp³-hybridized carbons (Fsp3) is 0.176. The summed E-state index contributed by atoms with van der Waals surface area (Å²) in [4.78, 5) is 11.8. The van der Waals surface area contributed by atoms with Gasteiger partial charge in [-0.05, 0) is 17.2 Å². The summed E-state index contributed by atoms with van der Waals surface area (Å²) in [6.45, 7) is 0.357. The van der Waals surface area contributed by atoms with Crippen molar-refractivity contribution in [3.05, 3.63) is 58.0 Å². The van der Waals surface area contributed by atoms with E-state index in [0.29, 0.717) is 28.3 Å². The molecular formula is C17H12ClF3N6S. The number of nitrogens with one attached hydrogen (secondary N) is 1. The van der Waals surface area contributed by atoms with E-state index in [1.807, 2.05) is 0 Å². The number of thiazole rings is 1. The third-order valence-corrected chi connectivity index (χ3v) is 5.32. The highest BCUT2D eigenvalue weighted by molar-refractivity contribution is 7.13. The second kappa shape index (κ2) is 6.71. The molecule has 0 atom stereocenters. The monoisotopic (exact) mass is 424 g/mol. The van der Waals surface area contributed by atoms with Crippen LogP contribution >= 0.6 is 22.9 Å². The molecule has 4 aromatic rings. The average Bonchev–Trinajstić information content (AvgIpc) is 3.23. The Morgan fingerprint density at radius 1 is 1.18 bits per heavy atom. The van der Waals surface area contributed by atoms with Crippen LogP contribution in [0.15, 0.2) is 35.8 Å². The van der Waals surface area contributed by atoms with Gasteiger partial charge >= 0.3 is 6.18 Å². The van der Waals surface area contributed by atoms with Gasteiger partial charge in [0.2, 0.25) is 10.9 Å². The summed E-state index contributed by atoms with van der Waals surface area (Å²) in [5.41, 5.74) is 2.00. The van der Waals surface area contributed by atoms with Crippen molar-refractivity contribution < 1.29 is 13.2 Å². The van der Waals surface area contributed by atoms with Crippen LogP contribution in [0.4, 0.5) is 13.2 Å². The Bertz CT molecular complexity index is 1220. The molecule has 0 spiro atoms. The highest BCUT2D eigenvalue weighted by atomic mass is 35.5. The van der Waals surface area contributed by atoms with E-state index in [-0.39, 0.29) is 10.9 Å². The van der Waals surface area contributed by atoms with E-state index >= 15 is 0 Å². The molecule has 0 radical (unpaired) electrons. The summed E-state index contributed by atoms with van der Waals surface area (Å²) in [6, 6.07) is 7.01. The van der Waals surface area contributed by atoms with Crippen LogP contribution in [-0.2, 0) is 19.8 Å². The second-order valence-corrected chi connectivity index (χ2v) is 7.25. The number of rotatable bonds is 3. The Morgan fingerprint density at radius 2 is 1.89 bits per heavy atom. The van der Waals surface area contributed by atoms with Gasteiger partial charge in [0.1, 0.15) is 10.5 Å². The molecule has 0 saturated heterocycles. The SMILES string of the molecule is Cn1c(=N)n(Cc2ccc(-c3nc(C(F)(F)F)cs3)cc2)c2nc(Cl)ncc21. The van der Waals surface area contributed by atoms with Gasteiger partial charge in [-0.25, -0.2) is 9.97 Å². The molecule has 6 nitrogen and oxygen atoms in total. The van der Waals surface area contributed by atoms with E-state index in [1.54, 1.807) is 46.6 Å². The standard InChI is InChI=1S/C17H12ClF3N6S/c1-26-11-6-23-15(18)25-13(11)27(16(26)22)7-9-2-4-10(5-3-9)14-24-12(8-28-14)17(19,20)21/h2-6,8,22H,7H2,1H3. The van der Waals surface area contributed by atoms with E-state index in [2.05, 4.69) is 15.0 Å². The zero-order chi connectivity index (χ0) is 20.1. The Kier molecular flexibility index (Phi) is 4.47. The fourth-order valence-corrected chi connectivity index (χ4v) is 3.76. The number of aromatic nitrogens is 5. The fourth-order valence-electron chi connectivity index (χ4n) is 2.80. The van der Waals surface area contributed by atoms with E-state index in [9.17, 15) is 13.2 Å². The molecule has 3 aromatic heterocycles. The van der Waals surface area contributed by atoms with Gasteiger partial charge < -0.3 is 4.57 Å². The number of alkyl halides is 3. The maximum Gasteiger partial charge on any atom is 0.434 e. The van der Waals surface area contributed by atoms with Gasteiger partial charge in [-0.1, -0.05) is 24.3 Å². The minimum Gasteiger partial charge on any atom is -0.311 e. The first-order valence-corrected chi connectivity index (χ1v) is 9.24. The summed E-state index contributed by atoms with van der Waals surface area (Å²) >= 11 is 6.83. The average molecular weight is 425 g/mol. The number of fused-ring (bicyclic) bond motifs is 1. The molecule has 144 valence electrons. The van der Waals surface area contributed by atoms with Crippen LogP contribution in [0.1, 0.15) is 11.3 Å². The first kappa shape index (κ1) is 18.6. The number of halogens is 4. The first-order valence-electron chi connectivity index (χ1n) is 7.98. The topological polar surface area (TPSA) is 72.4 Å². The maximum absolute atomic E-state index is 12.7. The smallest absolute Gasteiger partial charge is 0.311 e. The lowest BCUT2D eigenvalue weighted by Crippen LogP contribution is -2.23. The molecule has 0 aliphatic heterocycles. The Labute approximate surface area is 165 Å². The maximum atomic E-state index is 12.7.